The van der Waals surface area contributed by atoms with Crippen molar-refractivity contribution in [2.75, 3.05) is 11.9 Å². The van der Waals surface area contributed by atoms with E-state index in [4.69, 9.17) is 0 Å². The number of nitrogens with zero attached hydrogens (tertiary/aromatic N) is 3. The summed E-state index contributed by atoms with van der Waals surface area (Å²) in [6.07, 6.45) is 3.02. The van der Waals surface area contributed by atoms with Crippen LogP contribution in [-0.2, 0) is 12.8 Å². The maximum Gasteiger partial charge on any atom is 0.221 e. The fraction of sp³-hybridized carbons (Fsp3) is 0.467. The molecule has 2 aromatic rings. The van der Waals surface area contributed by atoms with E-state index in [0.717, 1.165) is 37.6 Å². The number of benzene rings is 1. The zero-order valence-electron chi connectivity index (χ0n) is 11.6. The van der Waals surface area contributed by atoms with Gasteiger partial charge >= 0.3 is 0 Å². The highest BCUT2D eigenvalue weighted by Gasteiger charge is 2.23. The topological polar surface area (TPSA) is 42.7 Å². The van der Waals surface area contributed by atoms with Crippen LogP contribution in [0, 0.1) is 0 Å². The predicted molar refractivity (Wildman–Crippen MR) is 76.5 cm³/mol. The number of fused-ring (bicyclic) bond motifs is 1. The van der Waals surface area contributed by atoms with Crippen LogP contribution >= 0.6 is 0 Å². The van der Waals surface area contributed by atoms with Crippen LogP contribution in [0.5, 0.6) is 0 Å². The zero-order valence-corrected chi connectivity index (χ0v) is 11.6. The molecule has 1 aromatic carbocycles. The highest BCUT2D eigenvalue weighted by Crippen LogP contribution is 2.28. The van der Waals surface area contributed by atoms with Gasteiger partial charge in [0.1, 0.15) is 0 Å². The van der Waals surface area contributed by atoms with Crippen molar-refractivity contribution >= 4 is 5.95 Å². The van der Waals surface area contributed by atoms with Crippen molar-refractivity contribution in [3.8, 4) is 0 Å². The first-order valence-corrected chi connectivity index (χ1v) is 7.10. The third kappa shape index (κ3) is 2.23. The lowest BCUT2D eigenvalue weighted by Crippen LogP contribution is -2.24. The molecule has 1 aliphatic heterocycles. The van der Waals surface area contributed by atoms with E-state index in [1.807, 2.05) is 4.68 Å². The normalized spacial score (nSPS) is 17.9. The summed E-state index contributed by atoms with van der Waals surface area (Å²) in [6.45, 7) is 5.23. The van der Waals surface area contributed by atoms with Crippen LogP contribution < -0.4 is 5.32 Å². The first kappa shape index (κ1) is 12.2. The van der Waals surface area contributed by atoms with Gasteiger partial charge in [0.2, 0.25) is 5.95 Å². The molecule has 0 spiro atoms. The minimum atomic E-state index is 0.315. The Morgan fingerprint density at radius 3 is 2.68 bits per heavy atom. The van der Waals surface area contributed by atoms with Gasteiger partial charge in [0.05, 0.1) is 6.04 Å². The van der Waals surface area contributed by atoms with Crippen molar-refractivity contribution in [3.63, 3.8) is 0 Å². The average Bonchev–Trinajstić information content (AvgIpc) is 2.90. The van der Waals surface area contributed by atoms with E-state index in [0.29, 0.717) is 6.04 Å². The Kier molecular flexibility index (Phi) is 3.23. The summed E-state index contributed by atoms with van der Waals surface area (Å²) in [5, 5.41) is 7.94. The molecule has 1 aromatic heterocycles. The summed E-state index contributed by atoms with van der Waals surface area (Å²) < 4.78 is 2.04. The number of rotatable bonds is 3. The van der Waals surface area contributed by atoms with Gasteiger partial charge in [-0.05, 0) is 24.0 Å². The fourth-order valence-corrected chi connectivity index (χ4v) is 2.58. The summed E-state index contributed by atoms with van der Waals surface area (Å²) in [5.74, 6) is 1.83. The summed E-state index contributed by atoms with van der Waals surface area (Å²) in [6, 6.07) is 9.20. The molecule has 0 radical (unpaired) electrons. The van der Waals surface area contributed by atoms with Crippen molar-refractivity contribution in [1.82, 2.24) is 14.8 Å². The number of aryl methyl sites for hydroxylation is 2. The Morgan fingerprint density at radius 2 is 2.00 bits per heavy atom. The Morgan fingerprint density at radius 1 is 1.21 bits per heavy atom. The van der Waals surface area contributed by atoms with Gasteiger partial charge in [0, 0.05) is 13.0 Å². The third-order valence-electron chi connectivity index (χ3n) is 3.76. The van der Waals surface area contributed by atoms with Gasteiger partial charge in [-0.15, -0.1) is 0 Å². The summed E-state index contributed by atoms with van der Waals surface area (Å²) >= 11 is 0. The summed E-state index contributed by atoms with van der Waals surface area (Å²) in [7, 11) is 0. The molecule has 19 heavy (non-hydrogen) atoms. The molecule has 2 heterocycles. The predicted octanol–water partition coefficient (Wildman–Crippen LogP) is 2.81. The molecule has 0 amide bonds. The molecular weight excluding hydrogens is 236 g/mol. The number of anilines is 1. The van der Waals surface area contributed by atoms with E-state index >= 15 is 0 Å². The van der Waals surface area contributed by atoms with E-state index in [1.165, 1.54) is 11.1 Å². The van der Waals surface area contributed by atoms with Gasteiger partial charge in [0.25, 0.3) is 0 Å². The van der Waals surface area contributed by atoms with Crippen LogP contribution in [0.1, 0.15) is 43.3 Å². The second kappa shape index (κ2) is 5.03. The molecular formula is C15H20N4. The molecule has 0 bridgehead atoms. The van der Waals surface area contributed by atoms with Crippen LogP contribution in [0.4, 0.5) is 5.95 Å². The van der Waals surface area contributed by atoms with Crippen LogP contribution in [-0.4, -0.2) is 21.3 Å². The van der Waals surface area contributed by atoms with Gasteiger partial charge in [-0.3, -0.25) is 0 Å². The zero-order chi connectivity index (χ0) is 13.2. The van der Waals surface area contributed by atoms with Gasteiger partial charge < -0.3 is 5.32 Å². The van der Waals surface area contributed by atoms with Crippen molar-refractivity contribution < 1.29 is 0 Å². The van der Waals surface area contributed by atoms with Crippen molar-refractivity contribution in [1.29, 1.82) is 0 Å². The standard InChI is InChI=1S/C15H20N4/c1-3-11-5-7-12(8-6-11)13-9-10-16-15-17-14(4-2)18-19(13)15/h5-8,13H,3-4,9-10H2,1-2H3,(H,16,17,18). The van der Waals surface area contributed by atoms with Crippen LogP contribution in [0.2, 0.25) is 0 Å². The molecule has 4 heteroatoms. The fourth-order valence-electron chi connectivity index (χ4n) is 2.58. The highest BCUT2D eigenvalue weighted by atomic mass is 15.4. The van der Waals surface area contributed by atoms with Crippen LogP contribution in [0.15, 0.2) is 24.3 Å². The van der Waals surface area contributed by atoms with Crippen molar-refractivity contribution in [3.05, 3.63) is 41.2 Å². The van der Waals surface area contributed by atoms with Gasteiger partial charge in [-0.2, -0.15) is 10.1 Å². The van der Waals surface area contributed by atoms with Gasteiger partial charge in [-0.25, -0.2) is 4.68 Å². The van der Waals surface area contributed by atoms with Crippen molar-refractivity contribution in [2.45, 2.75) is 39.2 Å². The Hall–Kier alpha value is -1.84. The number of aromatic nitrogens is 3. The summed E-state index contributed by atoms with van der Waals surface area (Å²) in [4.78, 5) is 4.52. The lowest BCUT2D eigenvalue weighted by atomic mass is 10.0. The number of hydrogen-bond acceptors (Lipinski definition) is 3. The Labute approximate surface area is 113 Å². The van der Waals surface area contributed by atoms with E-state index in [9.17, 15) is 0 Å². The third-order valence-corrected chi connectivity index (χ3v) is 3.76. The highest BCUT2D eigenvalue weighted by molar-refractivity contribution is 5.34. The van der Waals surface area contributed by atoms with E-state index in [-0.39, 0.29) is 0 Å². The first-order valence-electron chi connectivity index (χ1n) is 7.10. The summed E-state index contributed by atoms with van der Waals surface area (Å²) in [5.41, 5.74) is 2.71. The lowest BCUT2D eigenvalue weighted by Gasteiger charge is -2.24. The average molecular weight is 256 g/mol. The van der Waals surface area contributed by atoms with E-state index in [1.54, 1.807) is 0 Å². The largest absolute Gasteiger partial charge is 0.354 e. The maximum atomic E-state index is 4.61. The molecule has 1 atom stereocenters. The Balaban J connectivity index is 1.95. The van der Waals surface area contributed by atoms with E-state index in [2.05, 4.69) is 53.5 Å². The molecule has 0 aliphatic carbocycles. The van der Waals surface area contributed by atoms with Crippen LogP contribution in [0.3, 0.4) is 0 Å². The minimum absolute atomic E-state index is 0.315. The molecule has 1 unspecified atom stereocenters. The smallest absolute Gasteiger partial charge is 0.221 e. The van der Waals surface area contributed by atoms with Gasteiger partial charge in [0.15, 0.2) is 5.82 Å². The lowest BCUT2D eigenvalue weighted by molar-refractivity contribution is 0.477. The number of hydrogen-bond donors (Lipinski definition) is 1. The molecule has 0 fully saturated rings. The second-order valence-electron chi connectivity index (χ2n) is 4.98. The van der Waals surface area contributed by atoms with Gasteiger partial charge in [-0.1, -0.05) is 38.1 Å². The number of nitrogens with one attached hydrogen (secondary N) is 1. The maximum absolute atomic E-state index is 4.61. The van der Waals surface area contributed by atoms with E-state index < -0.39 is 0 Å². The molecule has 1 N–H and O–H groups in total. The SMILES string of the molecule is CCc1ccc(C2CCNc3nc(CC)nn32)cc1. The minimum Gasteiger partial charge on any atom is -0.354 e. The first-order chi connectivity index (χ1) is 9.31. The monoisotopic (exact) mass is 256 g/mol. The Bertz CT molecular complexity index is 556. The quantitative estimate of drug-likeness (QED) is 0.918. The molecule has 0 saturated carbocycles. The molecule has 0 saturated heterocycles. The molecule has 4 nitrogen and oxygen atoms in total. The molecule has 100 valence electrons. The van der Waals surface area contributed by atoms with Crippen molar-refractivity contribution in [2.24, 2.45) is 0 Å². The van der Waals surface area contributed by atoms with Crippen LogP contribution in [0.25, 0.3) is 0 Å². The molecule has 1 aliphatic rings. The molecule has 3 rings (SSSR count). The second-order valence-corrected chi connectivity index (χ2v) is 4.98.